The molecule has 3 N–H and O–H groups in total. The predicted molar refractivity (Wildman–Crippen MR) is 143 cm³/mol. The van der Waals surface area contributed by atoms with Crippen LogP contribution in [0.1, 0.15) is 19.3 Å². The van der Waals surface area contributed by atoms with Crippen LogP contribution in [-0.2, 0) is 4.79 Å². The molecule has 11 heteroatoms. The summed E-state index contributed by atoms with van der Waals surface area (Å²) in [6, 6.07) is 5.78. The fraction of sp³-hybridized carbons (Fsp3) is 0.308. The lowest BCUT2D eigenvalue weighted by atomic mass is 10.1. The quantitative estimate of drug-likeness (QED) is 0.326. The molecule has 0 aliphatic carbocycles. The van der Waals surface area contributed by atoms with Gasteiger partial charge in [0.1, 0.15) is 11.2 Å². The largest absolute Gasteiger partial charge is 0.355 e. The fourth-order valence-electron chi connectivity index (χ4n) is 4.76. The molecule has 0 bridgehead atoms. The molecule has 6 heterocycles. The van der Waals surface area contributed by atoms with Crippen LogP contribution in [0.15, 0.2) is 43.0 Å². The fourth-order valence-corrected chi connectivity index (χ4v) is 4.76. The van der Waals surface area contributed by atoms with Crippen molar-refractivity contribution in [2.24, 2.45) is 0 Å². The molecule has 0 spiro atoms. The van der Waals surface area contributed by atoms with E-state index in [9.17, 15) is 4.79 Å². The summed E-state index contributed by atoms with van der Waals surface area (Å²) in [5.74, 6) is 1.49. The molecule has 0 aromatic carbocycles. The van der Waals surface area contributed by atoms with Gasteiger partial charge in [-0.05, 0) is 51.6 Å². The minimum Gasteiger partial charge on any atom is -0.355 e. The molecule has 1 saturated heterocycles. The Kier molecular flexibility index (Phi) is 5.97. The van der Waals surface area contributed by atoms with Crippen molar-refractivity contribution in [1.82, 2.24) is 40.0 Å². The Bertz CT molecular complexity index is 1580. The van der Waals surface area contributed by atoms with Gasteiger partial charge in [0.15, 0.2) is 11.6 Å². The van der Waals surface area contributed by atoms with Crippen LogP contribution in [0.3, 0.4) is 0 Å². The first-order valence-corrected chi connectivity index (χ1v) is 12.4. The third-order valence-electron chi connectivity index (χ3n) is 6.49. The first-order valence-electron chi connectivity index (χ1n) is 12.4. The summed E-state index contributed by atoms with van der Waals surface area (Å²) in [5, 5.41) is 11.4. The minimum absolute atomic E-state index is 0.104. The Morgan fingerprint density at radius 1 is 1.08 bits per heavy atom. The molecule has 37 heavy (non-hydrogen) atoms. The zero-order chi connectivity index (χ0) is 25.4. The van der Waals surface area contributed by atoms with Gasteiger partial charge in [0, 0.05) is 36.4 Å². The molecule has 0 unspecified atom stereocenters. The molecule has 6 rings (SSSR count). The molecular weight excluding hydrogens is 468 g/mol. The highest BCUT2D eigenvalue weighted by molar-refractivity contribution is 5.96. The number of nitrogens with one attached hydrogen (secondary N) is 3. The van der Waals surface area contributed by atoms with Gasteiger partial charge in [-0.15, -0.1) is 0 Å². The van der Waals surface area contributed by atoms with E-state index in [0.717, 1.165) is 52.1 Å². The average molecular weight is 497 g/mol. The maximum absolute atomic E-state index is 12.2. The second-order valence-corrected chi connectivity index (χ2v) is 9.60. The molecule has 0 radical (unpaired) electrons. The van der Waals surface area contributed by atoms with Crippen molar-refractivity contribution in [2.75, 3.05) is 43.9 Å². The number of amides is 1. The van der Waals surface area contributed by atoms with Crippen LogP contribution < -0.4 is 10.2 Å². The number of hydrogen-bond acceptors (Lipinski definition) is 8. The second kappa shape index (κ2) is 9.58. The molecule has 1 aliphatic rings. The summed E-state index contributed by atoms with van der Waals surface area (Å²) in [4.78, 5) is 38.2. The molecule has 0 saturated carbocycles. The second-order valence-electron chi connectivity index (χ2n) is 9.60. The number of carbonyl (C=O) groups is 1. The summed E-state index contributed by atoms with van der Waals surface area (Å²) in [6.07, 6.45) is 10.5. The Balaban J connectivity index is 1.35. The number of H-pyrrole nitrogens is 2. The molecule has 5 aromatic rings. The van der Waals surface area contributed by atoms with E-state index < -0.39 is 0 Å². The van der Waals surface area contributed by atoms with Crippen molar-refractivity contribution in [1.29, 1.82) is 0 Å². The van der Waals surface area contributed by atoms with Crippen molar-refractivity contribution >= 4 is 39.3 Å². The molecule has 1 aliphatic heterocycles. The third kappa shape index (κ3) is 4.60. The minimum atomic E-state index is -0.104. The molecule has 11 nitrogen and oxygen atoms in total. The van der Waals surface area contributed by atoms with Crippen LogP contribution >= 0.6 is 0 Å². The Morgan fingerprint density at radius 2 is 1.95 bits per heavy atom. The van der Waals surface area contributed by atoms with Gasteiger partial charge in [-0.25, -0.2) is 9.97 Å². The smallest absolute Gasteiger partial charge is 0.238 e. The van der Waals surface area contributed by atoms with E-state index in [2.05, 4.69) is 40.3 Å². The van der Waals surface area contributed by atoms with Crippen molar-refractivity contribution in [3.05, 3.63) is 43.0 Å². The van der Waals surface area contributed by atoms with Gasteiger partial charge in [0.05, 0.1) is 41.4 Å². The number of piperidine rings is 1. The zero-order valence-corrected chi connectivity index (χ0v) is 20.8. The van der Waals surface area contributed by atoms with Crippen LogP contribution in [0.25, 0.3) is 44.7 Å². The average Bonchev–Trinajstić information content (AvgIpc) is 3.52. The number of aromatic nitrogens is 7. The Labute approximate surface area is 213 Å². The molecule has 1 amide bonds. The standard InChI is InChI=1S/C26H28N10O/c1-35(2)15-22(37)30-17-10-16(12-27-13-17)20-11-18-21(14-29-20)33-34-23(18)25-31-19-6-7-28-26(24(19)32-25)36-8-4-3-5-9-36/h6-7,10-14H,3-5,8-9,15H2,1-2H3,(H,30,37)(H,31,32)(H,33,34). The van der Waals surface area contributed by atoms with E-state index in [0.29, 0.717) is 23.8 Å². The van der Waals surface area contributed by atoms with Gasteiger partial charge in [-0.2, -0.15) is 5.10 Å². The lowest BCUT2D eigenvalue weighted by Gasteiger charge is -2.27. The van der Waals surface area contributed by atoms with Crippen molar-refractivity contribution in [2.45, 2.75) is 19.3 Å². The first-order chi connectivity index (χ1) is 18.0. The highest BCUT2D eigenvalue weighted by Crippen LogP contribution is 2.32. The number of carbonyl (C=O) groups excluding carboxylic acids is 1. The summed E-state index contributed by atoms with van der Waals surface area (Å²) in [7, 11) is 3.70. The number of fused-ring (bicyclic) bond motifs is 2. The Morgan fingerprint density at radius 3 is 2.78 bits per heavy atom. The maximum atomic E-state index is 12.2. The van der Waals surface area contributed by atoms with E-state index in [4.69, 9.17) is 4.98 Å². The molecule has 188 valence electrons. The van der Waals surface area contributed by atoms with E-state index in [1.807, 2.05) is 43.4 Å². The summed E-state index contributed by atoms with van der Waals surface area (Å²) < 4.78 is 0. The summed E-state index contributed by atoms with van der Waals surface area (Å²) in [6.45, 7) is 2.29. The zero-order valence-electron chi connectivity index (χ0n) is 20.8. The van der Waals surface area contributed by atoms with Crippen LogP contribution in [0.4, 0.5) is 11.5 Å². The number of rotatable bonds is 6. The highest BCUT2D eigenvalue weighted by Gasteiger charge is 2.20. The van der Waals surface area contributed by atoms with Gasteiger partial charge >= 0.3 is 0 Å². The normalized spacial score (nSPS) is 14.1. The molecular formula is C26H28N10O. The topological polar surface area (TPSA) is 132 Å². The van der Waals surface area contributed by atoms with Crippen molar-refractivity contribution in [3.8, 4) is 22.8 Å². The number of imidazole rings is 1. The van der Waals surface area contributed by atoms with Crippen molar-refractivity contribution < 1.29 is 4.79 Å². The van der Waals surface area contributed by atoms with E-state index in [1.54, 1.807) is 18.6 Å². The molecule has 1 fully saturated rings. The lowest BCUT2D eigenvalue weighted by molar-refractivity contribution is -0.116. The predicted octanol–water partition coefficient (Wildman–Crippen LogP) is 3.45. The molecule has 0 atom stereocenters. The third-order valence-corrected chi connectivity index (χ3v) is 6.49. The van der Waals surface area contributed by atoms with Gasteiger partial charge in [0.25, 0.3) is 0 Å². The van der Waals surface area contributed by atoms with Crippen LogP contribution in [0.5, 0.6) is 0 Å². The van der Waals surface area contributed by atoms with E-state index >= 15 is 0 Å². The van der Waals surface area contributed by atoms with Crippen LogP contribution in [-0.4, -0.2) is 79.7 Å². The first kappa shape index (κ1) is 23.0. The van der Waals surface area contributed by atoms with Crippen LogP contribution in [0, 0.1) is 0 Å². The maximum Gasteiger partial charge on any atom is 0.238 e. The molecule has 5 aromatic heterocycles. The van der Waals surface area contributed by atoms with Crippen molar-refractivity contribution in [3.63, 3.8) is 0 Å². The highest BCUT2D eigenvalue weighted by atomic mass is 16.2. The number of hydrogen-bond donors (Lipinski definition) is 3. The van der Waals surface area contributed by atoms with Gasteiger partial charge < -0.3 is 20.1 Å². The van der Waals surface area contributed by atoms with Crippen LogP contribution in [0.2, 0.25) is 0 Å². The number of likely N-dealkylation sites (N-methyl/N-ethyl adjacent to an activating group) is 1. The van der Waals surface area contributed by atoms with Gasteiger partial charge in [0.2, 0.25) is 5.91 Å². The lowest BCUT2D eigenvalue weighted by Crippen LogP contribution is -2.30. The van der Waals surface area contributed by atoms with Gasteiger partial charge in [-0.3, -0.25) is 19.9 Å². The summed E-state index contributed by atoms with van der Waals surface area (Å²) >= 11 is 0. The SMILES string of the molecule is CN(C)CC(=O)Nc1cncc(-c2cc3c(-c4nc5c(N6CCCCC6)nccc5[nH]4)n[nH]c3cn2)c1. The monoisotopic (exact) mass is 496 g/mol. The number of nitrogens with zero attached hydrogens (tertiary/aromatic N) is 7. The number of pyridine rings is 3. The number of anilines is 2. The van der Waals surface area contributed by atoms with E-state index in [1.165, 1.54) is 19.3 Å². The van der Waals surface area contributed by atoms with Gasteiger partial charge in [-0.1, -0.05) is 0 Å². The van der Waals surface area contributed by atoms with E-state index in [-0.39, 0.29) is 5.91 Å². The number of aromatic amines is 2. The Hall–Kier alpha value is -4.38. The summed E-state index contributed by atoms with van der Waals surface area (Å²) in [5.41, 5.74) is 5.43.